The summed E-state index contributed by atoms with van der Waals surface area (Å²) in [5.41, 5.74) is 1.18. The second-order valence-electron chi connectivity index (χ2n) is 5.78. The van der Waals surface area contributed by atoms with Crippen LogP contribution in [-0.4, -0.2) is 50.9 Å². The van der Waals surface area contributed by atoms with E-state index >= 15 is 0 Å². The SMILES string of the molecule is CN=C(NCc1cccc(OCCCOC)c1)NCC1CCCS1. The van der Waals surface area contributed by atoms with Gasteiger partial charge in [0.05, 0.1) is 6.61 Å². The van der Waals surface area contributed by atoms with Crippen LogP contribution in [0, 0.1) is 0 Å². The summed E-state index contributed by atoms with van der Waals surface area (Å²) < 4.78 is 10.8. The van der Waals surface area contributed by atoms with Gasteiger partial charge < -0.3 is 20.1 Å². The van der Waals surface area contributed by atoms with Crippen LogP contribution in [0.1, 0.15) is 24.8 Å². The van der Waals surface area contributed by atoms with Gasteiger partial charge >= 0.3 is 0 Å². The van der Waals surface area contributed by atoms with Crippen LogP contribution in [0.4, 0.5) is 0 Å². The van der Waals surface area contributed by atoms with E-state index in [9.17, 15) is 0 Å². The summed E-state index contributed by atoms with van der Waals surface area (Å²) >= 11 is 2.05. The minimum atomic E-state index is 0.674. The molecule has 1 atom stereocenters. The molecule has 0 amide bonds. The smallest absolute Gasteiger partial charge is 0.191 e. The van der Waals surface area contributed by atoms with E-state index in [1.807, 2.05) is 19.2 Å². The van der Waals surface area contributed by atoms with Gasteiger partial charge in [0.15, 0.2) is 5.96 Å². The summed E-state index contributed by atoms with van der Waals surface area (Å²) in [5.74, 6) is 3.04. The van der Waals surface area contributed by atoms with E-state index in [1.165, 1.54) is 24.2 Å². The molecule has 0 saturated carbocycles. The normalized spacial score (nSPS) is 17.8. The van der Waals surface area contributed by atoms with E-state index < -0.39 is 0 Å². The molecule has 24 heavy (non-hydrogen) atoms. The molecule has 1 heterocycles. The van der Waals surface area contributed by atoms with Crippen molar-refractivity contribution < 1.29 is 9.47 Å². The van der Waals surface area contributed by atoms with Crippen molar-refractivity contribution in [2.75, 3.05) is 39.7 Å². The molecule has 2 N–H and O–H groups in total. The van der Waals surface area contributed by atoms with E-state index in [1.54, 1.807) is 7.11 Å². The number of methoxy groups -OCH3 is 1. The zero-order chi connectivity index (χ0) is 17.0. The number of nitrogens with one attached hydrogen (secondary N) is 2. The Morgan fingerprint density at radius 2 is 2.25 bits per heavy atom. The van der Waals surface area contributed by atoms with Crippen molar-refractivity contribution in [3.8, 4) is 5.75 Å². The number of benzene rings is 1. The largest absolute Gasteiger partial charge is 0.493 e. The maximum absolute atomic E-state index is 5.74. The van der Waals surface area contributed by atoms with Crippen molar-refractivity contribution in [2.24, 2.45) is 4.99 Å². The van der Waals surface area contributed by atoms with Gasteiger partial charge in [0.25, 0.3) is 0 Å². The number of ether oxygens (including phenoxy) is 2. The molecule has 2 rings (SSSR count). The summed E-state index contributed by atoms with van der Waals surface area (Å²) in [4.78, 5) is 4.30. The van der Waals surface area contributed by atoms with Crippen molar-refractivity contribution in [1.82, 2.24) is 10.6 Å². The monoisotopic (exact) mass is 351 g/mol. The lowest BCUT2D eigenvalue weighted by atomic mass is 10.2. The van der Waals surface area contributed by atoms with Crippen molar-refractivity contribution in [1.29, 1.82) is 0 Å². The molecule has 0 bridgehead atoms. The first-order chi connectivity index (χ1) is 11.8. The van der Waals surface area contributed by atoms with Gasteiger partial charge in [-0.15, -0.1) is 0 Å². The molecule has 0 aromatic heterocycles. The second-order valence-corrected chi connectivity index (χ2v) is 7.19. The fourth-order valence-electron chi connectivity index (χ4n) is 2.56. The molecule has 1 aliphatic heterocycles. The third-order valence-electron chi connectivity index (χ3n) is 3.86. The Morgan fingerprint density at radius 1 is 1.33 bits per heavy atom. The maximum Gasteiger partial charge on any atom is 0.191 e. The molecule has 1 fully saturated rings. The van der Waals surface area contributed by atoms with Crippen LogP contribution in [0.3, 0.4) is 0 Å². The fourth-order valence-corrected chi connectivity index (χ4v) is 3.76. The van der Waals surface area contributed by atoms with Crippen molar-refractivity contribution >= 4 is 17.7 Å². The number of guanidine groups is 1. The van der Waals surface area contributed by atoms with E-state index in [0.29, 0.717) is 11.9 Å². The van der Waals surface area contributed by atoms with Gasteiger partial charge in [0.2, 0.25) is 0 Å². The molecular formula is C18H29N3O2S. The van der Waals surface area contributed by atoms with Gasteiger partial charge in [0.1, 0.15) is 5.75 Å². The van der Waals surface area contributed by atoms with Crippen LogP contribution in [-0.2, 0) is 11.3 Å². The Bertz CT molecular complexity index is 505. The molecular weight excluding hydrogens is 322 g/mol. The Kier molecular flexibility index (Phi) is 8.84. The van der Waals surface area contributed by atoms with Crippen LogP contribution < -0.4 is 15.4 Å². The predicted octanol–water partition coefficient (Wildman–Crippen LogP) is 2.66. The Hall–Kier alpha value is -1.40. The molecule has 1 aromatic carbocycles. The lowest BCUT2D eigenvalue weighted by Gasteiger charge is -2.15. The number of hydrogen-bond donors (Lipinski definition) is 2. The fraction of sp³-hybridized carbons (Fsp3) is 0.611. The van der Waals surface area contributed by atoms with Crippen LogP contribution in [0.15, 0.2) is 29.3 Å². The Labute approximate surface area is 149 Å². The number of aliphatic imine (C=N–C) groups is 1. The highest BCUT2D eigenvalue weighted by molar-refractivity contribution is 8.00. The molecule has 5 nitrogen and oxygen atoms in total. The number of rotatable bonds is 9. The van der Waals surface area contributed by atoms with Crippen molar-refractivity contribution in [3.05, 3.63) is 29.8 Å². The minimum Gasteiger partial charge on any atom is -0.493 e. The van der Waals surface area contributed by atoms with Crippen LogP contribution in [0.2, 0.25) is 0 Å². The van der Waals surface area contributed by atoms with Gasteiger partial charge in [-0.25, -0.2) is 0 Å². The molecule has 1 saturated heterocycles. The molecule has 134 valence electrons. The third-order valence-corrected chi connectivity index (χ3v) is 5.26. The van der Waals surface area contributed by atoms with E-state index in [0.717, 1.165) is 37.8 Å². The highest BCUT2D eigenvalue weighted by atomic mass is 32.2. The first-order valence-electron chi connectivity index (χ1n) is 8.58. The molecule has 0 aliphatic carbocycles. The first kappa shape index (κ1) is 18.9. The van der Waals surface area contributed by atoms with Crippen LogP contribution in [0.25, 0.3) is 0 Å². The van der Waals surface area contributed by atoms with Crippen LogP contribution >= 0.6 is 11.8 Å². The summed E-state index contributed by atoms with van der Waals surface area (Å²) in [7, 11) is 3.52. The zero-order valence-corrected chi connectivity index (χ0v) is 15.5. The molecule has 0 radical (unpaired) electrons. The van der Waals surface area contributed by atoms with Gasteiger partial charge in [-0.05, 0) is 36.3 Å². The highest BCUT2D eigenvalue weighted by Gasteiger charge is 2.15. The Morgan fingerprint density at radius 3 is 3.00 bits per heavy atom. The lowest BCUT2D eigenvalue weighted by Crippen LogP contribution is -2.39. The van der Waals surface area contributed by atoms with Gasteiger partial charge in [-0.2, -0.15) is 11.8 Å². The quantitative estimate of drug-likeness (QED) is 0.407. The summed E-state index contributed by atoms with van der Waals surface area (Å²) in [5, 5.41) is 7.50. The topological polar surface area (TPSA) is 54.9 Å². The number of thioether (sulfide) groups is 1. The van der Waals surface area contributed by atoms with E-state index in [-0.39, 0.29) is 0 Å². The summed E-state index contributed by atoms with van der Waals surface area (Å²) in [6.45, 7) is 3.11. The number of nitrogens with zero attached hydrogens (tertiary/aromatic N) is 1. The second kappa shape index (κ2) is 11.2. The third kappa shape index (κ3) is 7.01. The van der Waals surface area contributed by atoms with Gasteiger partial charge in [-0.3, -0.25) is 4.99 Å². The Balaban J connectivity index is 1.73. The summed E-state index contributed by atoms with van der Waals surface area (Å²) in [6, 6.07) is 8.17. The molecule has 1 unspecified atom stereocenters. The first-order valence-corrected chi connectivity index (χ1v) is 9.63. The standard InChI is InChI=1S/C18H29N3O2S/c1-19-18(21-14-17-8-4-11-24-17)20-13-15-6-3-7-16(12-15)23-10-5-9-22-2/h3,6-7,12,17H,4-5,8-11,13-14H2,1-2H3,(H2,19,20,21). The zero-order valence-electron chi connectivity index (χ0n) is 14.7. The summed E-state index contributed by atoms with van der Waals surface area (Å²) in [6.07, 6.45) is 3.53. The minimum absolute atomic E-state index is 0.674. The predicted molar refractivity (Wildman–Crippen MR) is 102 cm³/mol. The van der Waals surface area contributed by atoms with E-state index in [4.69, 9.17) is 9.47 Å². The van der Waals surface area contributed by atoms with Crippen molar-refractivity contribution in [3.63, 3.8) is 0 Å². The van der Waals surface area contributed by atoms with E-state index in [2.05, 4.69) is 39.5 Å². The molecule has 0 spiro atoms. The van der Waals surface area contributed by atoms with Crippen molar-refractivity contribution in [2.45, 2.75) is 31.1 Å². The average molecular weight is 352 g/mol. The average Bonchev–Trinajstić information content (AvgIpc) is 3.13. The highest BCUT2D eigenvalue weighted by Crippen LogP contribution is 2.25. The molecule has 1 aromatic rings. The van der Waals surface area contributed by atoms with Gasteiger partial charge in [0, 0.05) is 45.5 Å². The van der Waals surface area contributed by atoms with Crippen LogP contribution in [0.5, 0.6) is 5.75 Å². The molecule has 1 aliphatic rings. The maximum atomic E-state index is 5.74. The van der Waals surface area contributed by atoms with Gasteiger partial charge in [-0.1, -0.05) is 12.1 Å². The lowest BCUT2D eigenvalue weighted by molar-refractivity contribution is 0.172. The number of hydrogen-bond acceptors (Lipinski definition) is 4. The molecule has 6 heteroatoms.